The second-order valence-electron chi connectivity index (χ2n) is 7.35. The molecule has 0 bridgehead atoms. The topological polar surface area (TPSA) is 15.3 Å². The average molecular weight is 280 g/mol. The summed E-state index contributed by atoms with van der Waals surface area (Å²) < 4.78 is 0. The number of hydrogen-bond donors (Lipinski definition) is 1. The SMILES string of the molecule is CCCC1CCCC(NCCC2CCN(C)CC2)CC1. The molecule has 20 heavy (non-hydrogen) atoms. The Bertz CT molecular complexity index is 246. The van der Waals surface area contributed by atoms with Gasteiger partial charge in [0.1, 0.15) is 0 Å². The molecule has 1 N–H and O–H groups in total. The number of rotatable bonds is 6. The number of likely N-dealkylation sites (tertiary alicyclic amines) is 1. The van der Waals surface area contributed by atoms with E-state index in [2.05, 4.69) is 24.2 Å². The van der Waals surface area contributed by atoms with Crippen LogP contribution >= 0.6 is 0 Å². The molecule has 0 radical (unpaired) electrons. The minimum absolute atomic E-state index is 0.822. The monoisotopic (exact) mass is 280 g/mol. The van der Waals surface area contributed by atoms with E-state index in [1.54, 1.807) is 0 Å². The van der Waals surface area contributed by atoms with Gasteiger partial charge in [-0.3, -0.25) is 0 Å². The highest BCUT2D eigenvalue weighted by Gasteiger charge is 2.19. The Balaban J connectivity index is 1.57. The van der Waals surface area contributed by atoms with Crippen LogP contribution in [0.5, 0.6) is 0 Å². The van der Waals surface area contributed by atoms with Crippen LogP contribution in [-0.4, -0.2) is 37.6 Å². The molecule has 0 aromatic heterocycles. The van der Waals surface area contributed by atoms with E-state index in [0.717, 1.165) is 17.9 Å². The van der Waals surface area contributed by atoms with Crippen LogP contribution < -0.4 is 5.32 Å². The van der Waals surface area contributed by atoms with Crippen molar-refractivity contribution in [3.63, 3.8) is 0 Å². The summed E-state index contributed by atoms with van der Waals surface area (Å²) in [6.45, 7) is 6.22. The van der Waals surface area contributed by atoms with Crippen LogP contribution in [0.4, 0.5) is 0 Å². The summed E-state index contributed by atoms with van der Waals surface area (Å²) in [4.78, 5) is 2.48. The summed E-state index contributed by atoms with van der Waals surface area (Å²) in [6, 6.07) is 0.822. The van der Waals surface area contributed by atoms with Gasteiger partial charge in [-0.15, -0.1) is 0 Å². The maximum absolute atomic E-state index is 3.87. The van der Waals surface area contributed by atoms with E-state index < -0.39 is 0 Å². The van der Waals surface area contributed by atoms with E-state index in [0.29, 0.717) is 0 Å². The Kier molecular flexibility index (Phi) is 7.37. The normalized spacial score (nSPS) is 30.3. The minimum atomic E-state index is 0.822. The summed E-state index contributed by atoms with van der Waals surface area (Å²) in [6.07, 6.45) is 14.3. The summed E-state index contributed by atoms with van der Waals surface area (Å²) in [7, 11) is 2.26. The van der Waals surface area contributed by atoms with Crippen molar-refractivity contribution in [1.82, 2.24) is 10.2 Å². The van der Waals surface area contributed by atoms with Crippen molar-refractivity contribution in [1.29, 1.82) is 0 Å². The zero-order valence-electron chi connectivity index (χ0n) is 13.9. The first-order valence-corrected chi connectivity index (χ1v) is 9.19. The molecule has 2 nitrogen and oxygen atoms in total. The van der Waals surface area contributed by atoms with E-state index in [1.807, 2.05) is 0 Å². The lowest BCUT2D eigenvalue weighted by molar-refractivity contribution is 0.210. The van der Waals surface area contributed by atoms with Crippen molar-refractivity contribution in [2.24, 2.45) is 11.8 Å². The first-order valence-electron chi connectivity index (χ1n) is 9.19. The van der Waals surface area contributed by atoms with Gasteiger partial charge in [-0.1, -0.05) is 32.6 Å². The zero-order chi connectivity index (χ0) is 14.2. The second kappa shape index (κ2) is 9.04. The predicted octanol–water partition coefficient (Wildman–Crippen LogP) is 4.06. The molecule has 1 saturated carbocycles. The number of piperidine rings is 1. The highest BCUT2D eigenvalue weighted by Crippen LogP contribution is 2.27. The Labute approximate surface area is 126 Å². The van der Waals surface area contributed by atoms with Gasteiger partial charge in [-0.25, -0.2) is 0 Å². The zero-order valence-corrected chi connectivity index (χ0v) is 13.9. The average Bonchev–Trinajstić information content (AvgIpc) is 2.67. The van der Waals surface area contributed by atoms with Crippen molar-refractivity contribution < 1.29 is 0 Å². The van der Waals surface area contributed by atoms with Gasteiger partial charge in [-0.05, 0) is 77.0 Å². The smallest absolute Gasteiger partial charge is 0.00671 e. The molecule has 1 aliphatic carbocycles. The van der Waals surface area contributed by atoms with E-state index in [9.17, 15) is 0 Å². The van der Waals surface area contributed by atoms with E-state index >= 15 is 0 Å². The molecule has 2 fully saturated rings. The van der Waals surface area contributed by atoms with Crippen LogP contribution in [0.25, 0.3) is 0 Å². The molecule has 2 heteroatoms. The van der Waals surface area contributed by atoms with Gasteiger partial charge in [-0.2, -0.15) is 0 Å². The first kappa shape index (κ1) is 16.3. The third kappa shape index (κ3) is 5.73. The second-order valence-corrected chi connectivity index (χ2v) is 7.35. The summed E-state index contributed by atoms with van der Waals surface area (Å²) in [5.74, 6) is 2.01. The van der Waals surface area contributed by atoms with Crippen molar-refractivity contribution >= 4 is 0 Å². The van der Waals surface area contributed by atoms with Crippen molar-refractivity contribution in [3.8, 4) is 0 Å². The van der Waals surface area contributed by atoms with Gasteiger partial charge in [0.15, 0.2) is 0 Å². The van der Waals surface area contributed by atoms with Crippen LogP contribution in [-0.2, 0) is 0 Å². The van der Waals surface area contributed by atoms with Crippen molar-refractivity contribution in [2.75, 3.05) is 26.7 Å². The molecular formula is C18H36N2. The molecule has 1 aliphatic heterocycles. The first-order chi connectivity index (χ1) is 9.78. The highest BCUT2D eigenvalue weighted by molar-refractivity contribution is 4.76. The molecule has 0 aromatic carbocycles. The maximum Gasteiger partial charge on any atom is 0.00671 e. The molecule has 0 amide bonds. The van der Waals surface area contributed by atoms with Crippen LogP contribution in [0.1, 0.15) is 71.1 Å². The fourth-order valence-corrected chi connectivity index (χ4v) is 4.12. The molecule has 2 rings (SSSR count). The summed E-state index contributed by atoms with van der Waals surface area (Å²) >= 11 is 0. The third-order valence-corrected chi connectivity index (χ3v) is 5.61. The molecule has 2 unspecified atom stereocenters. The van der Waals surface area contributed by atoms with Crippen molar-refractivity contribution in [2.45, 2.75) is 77.2 Å². The lowest BCUT2D eigenvalue weighted by Crippen LogP contribution is -2.34. The standard InChI is InChI=1S/C18H36N2/c1-3-5-16-6-4-7-18(9-8-16)19-13-10-17-11-14-20(2)15-12-17/h16-19H,3-15H2,1-2H3. The van der Waals surface area contributed by atoms with Crippen molar-refractivity contribution in [3.05, 3.63) is 0 Å². The molecular weight excluding hydrogens is 244 g/mol. The number of nitrogens with one attached hydrogen (secondary N) is 1. The van der Waals surface area contributed by atoms with Crippen LogP contribution in [0.3, 0.4) is 0 Å². The number of hydrogen-bond acceptors (Lipinski definition) is 2. The van der Waals surface area contributed by atoms with E-state index in [1.165, 1.54) is 83.8 Å². The fraction of sp³-hybridized carbons (Fsp3) is 1.00. The van der Waals surface area contributed by atoms with E-state index in [4.69, 9.17) is 0 Å². The van der Waals surface area contributed by atoms with Gasteiger partial charge in [0, 0.05) is 6.04 Å². The van der Waals surface area contributed by atoms with Gasteiger partial charge in [0.05, 0.1) is 0 Å². The molecule has 0 aromatic rings. The van der Waals surface area contributed by atoms with Crippen LogP contribution in [0.15, 0.2) is 0 Å². The quantitative estimate of drug-likeness (QED) is 0.738. The molecule has 2 aliphatic rings. The third-order valence-electron chi connectivity index (χ3n) is 5.61. The van der Waals surface area contributed by atoms with Crippen LogP contribution in [0.2, 0.25) is 0 Å². The lowest BCUT2D eigenvalue weighted by atomic mass is 9.93. The minimum Gasteiger partial charge on any atom is -0.314 e. The lowest BCUT2D eigenvalue weighted by Gasteiger charge is -2.29. The van der Waals surface area contributed by atoms with Gasteiger partial charge < -0.3 is 10.2 Å². The van der Waals surface area contributed by atoms with Gasteiger partial charge >= 0.3 is 0 Å². The molecule has 0 spiro atoms. The molecule has 1 saturated heterocycles. The summed E-state index contributed by atoms with van der Waals surface area (Å²) in [5.41, 5.74) is 0. The molecule has 2 atom stereocenters. The van der Waals surface area contributed by atoms with Gasteiger partial charge in [0.25, 0.3) is 0 Å². The molecule has 1 heterocycles. The Morgan fingerprint density at radius 1 is 0.900 bits per heavy atom. The fourth-order valence-electron chi connectivity index (χ4n) is 4.12. The van der Waals surface area contributed by atoms with Crippen LogP contribution in [0, 0.1) is 11.8 Å². The molecule has 118 valence electrons. The highest BCUT2D eigenvalue weighted by atomic mass is 15.1. The van der Waals surface area contributed by atoms with E-state index in [-0.39, 0.29) is 0 Å². The number of nitrogens with zero attached hydrogens (tertiary/aromatic N) is 1. The van der Waals surface area contributed by atoms with Gasteiger partial charge in [0.2, 0.25) is 0 Å². The Morgan fingerprint density at radius 2 is 1.65 bits per heavy atom. The Morgan fingerprint density at radius 3 is 2.40 bits per heavy atom. The Hall–Kier alpha value is -0.0800. The maximum atomic E-state index is 3.87. The predicted molar refractivity (Wildman–Crippen MR) is 88.1 cm³/mol. The largest absolute Gasteiger partial charge is 0.314 e. The summed E-state index contributed by atoms with van der Waals surface area (Å²) in [5, 5.41) is 3.87.